The highest BCUT2D eigenvalue weighted by atomic mass is 16.6. The zero-order chi connectivity index (χ0) is 13.1. The molecule has 4 heteroatoms. The summed E-state index contributed by atoms with van der Waals surface area (Å²) in [6.07, 6.45) is 4.90. The van der Waals surface area contributed by atoms with Crippen molar-refractivity contribution < 1.29 is 14.3 Å². The minimum Gasteiger partial charge on any atom is -0.444 e. The quantitative estimate of drug-likeness (QED) is 0.769. The number of rotatable bonds is 3. The molecule has 0 saturated heterocycles. The molecule has 1 aliphatic rings. The number of hydrogen-bond donors (Lipinski definition) is 1. The summed E-state index contributed by atoms with van der Waals surface area (Å²) in [6.45, 7) is 7.05. The van der Waals surface area contributed by atoms with Gasteiger partial charge in [0.1, 0.15) is 5.60 Å². The van der Waals surface area contributed by atoms with Gasteiger partial charge in [-0.3, -0.25) is 4.79 Å². The van der Waals surface area contributed by atoms with Gasteiger partial charge in [0.15, 0.2) is 5.78 Å². The Hall–Kier alpha value is -1.32. The van der Waals surface area contributed by atoms with E-state index in [-0.39, 0.29) is 17.9 Å². The lowest BCUT2D eigenvalue weighted by Gasteiger charge is -2.34. The molecular weight excluding hydrogens is 218 g/mol. The van der Waals surface area contributed by atoms with Gasteiger partial charge in [-0.05, 0) is 52.5 Å². The molecule has 0 atom stereocenters. The Bertz CT molecular complexity index is 322. The molecule has 0 aromatic heterocycles. The maximum atomic E-state index is 11.4. The number of allylic oxidation sites excluding steroid dienone is 2. The third-order valence-electron chi connectivity index (χ3n) is 2.50. The Labute approximate surface area is 102 Å². The molecular formula is C13H21NO3. The molecule has 1 aliphatic carbocycles. The van der Waals surface area contributed by atoms with E-state index in [1.165, 1.54) is 6.92 Å². The van der Waals surface area contributed by atoms with Gasteiger partial charge in [-0.2, -0.15) is 0 Å². The average Bonchev–Trinajstić information content (AvgIpc) is 2.04. The van der Waals surface area contributed by atoms with E-state index in [4.69, 9.17) is 4.74 Å². The van der Waals surface area contributed by atoms with Gasteiger partial charge in [-0.1, -0.05) is 6.08 Å². The number of ketones is 1. The molecule has 1 amide bonds. The van der Waals surface area contributed by atoms with Crippen LogP contribution in [0.3, 0.4) is 0 Å². The van der Waals surface area contributed by atoms with Crippen LogP contribution in [0.25, 0.3) is 0 Å². The predicted molar refractivity (Wildman–Crippen MR) is 65.7 cm³/mol. The van der Waals surface area contributed by atoms with E-state index in [2.05, 4.69) is 5.32 Å². The number of nitrogens with one attached hydrogen (secondary N) is 1. The number of carbonyl (C=O) groups excluding carboxylic acids is 2. The molecule has 17 heavy (non-hydrogen) atoms. The van der Waals surface area contributed by atoms with Crippen molar-refractivity contribution in [1.29, 1.82) is 0 Å². The number of alkyl carbamates (subject to hydrolysis) is 1. The fraction of sp³-hybridized carbons (Fsp3) is 0.692. The van der Waals surface area contributed by atoms with Gasteiger partial charge in [-0.25, -0.2) is 4.79 Å². The Morgan fingerprint density at radius 1 is 1.29 bits per heavy atom. The van der Waals surface area contributed by atoms with Crippen LogP contribution in [0.15, 0.2) is 12.2 Å². The lowest BCUT2D eigenvalue weighted by molar-refractivity contribution is -0.112. The largest absolute Gasteiger partial charge is 0.444 e. The van der Waals surface area contributed by atoms with Crippen LogP contribution < -0.4 is 5.32 Å². The summed E-state index contributed by atoms with van der Waals surface area (Å²) >= 11 is 0. The first-order chi connectivity index (χ1) is 7.76. The standard InChI is InChI=1S/C13H21NO3/c1-9(15)5-6-10-7-11(8-10)14-12(16)17-13(2,3)4/h5-6,10-11H,7-8H2,1-4H3,(H,14,16)/b6-5+. The number of hydrogen-bond acceptors (Lipinski definition) is 3. The van der Waals surface area contributed by atoms with Crippen molar-refractivity contribution in [2.45, 2.75) is 52.2 Å². The van der Waals surface area contributed by atoms with Gasteiger partial charge in [-0.15, -0.1) is 0 Å². The number of carbonyl (C=O) groups is 2. The molecule has 0 aromatic carbocycles. The van der Waals surface area contributed by atoms with E-state index in [1.54, 1.807) is 6.08 Å². The van der Waals surface area contributed by atoms with Crippen molar-refractivity contribution >= 4 is 11.9 Å². The van der Waals surface area contributed by atoms with Crippen LogP contribution in [-0.4, -0.2) is 23.5 Å². The number of amides is 1. The van der Waals surface area contributed by atoms with Gasteiger partial charge in [0.2, 0.25) is 0 Å². The van der Waals surface area contributed by atoms with E-state index in [0.717, 1.165) is 12.8 Å². The summed E-state index contributed by atoms with van der Waals surface area (Å²) in [4.78, 5) is 22.2. The van der Waals surface area contributed by atoms with Crippen LogP contribution >= 0.6 is 0 Å². The van der Waals surface area contributed by atoms with Crippen molar-refractivity contribution in [2.24, 2.45) is 5.92 Å². The van der Waals surface area contributed by atoms with E-state index in [9.17, 15) is 9.59 Å². The monoisotopic (exact) mass is 239 g/mol. The molecule has 0 aromatic rings. The third kappa shape index (κ3) is 5.52. The molecule has 1 rings (SSSR count). The number of ether oxygens (including phenoxy) is 1. The first-order valence-electron chi connectivity index (χ1n) is 5.94. The third-order valence-corrected chi connectivity index (χ3v) is 2.50. The molecule has 0 aliphatic heterocycles. The minimum absolute atomic E-state index is 0.0635. The van der Waals surface area contributed by atoms with Crippen LogP contribution in [0.5, 0.6) is 0 Å². The zero-order valence-electron chi connectivity index (χ0n) is 10.9. The summed E-state index contributed by atoms with van der Waals surface area (Å²) < 4.78 is 5.16. The summed E-state index contributed by atoms with van der Waals surface area (Å²) in [5.41, 5.74) is -0.457. The van der Waals surface area contributed by atoms with E-state index < -0.39 is 5.60 Å². The summed E-state index contributed by atoms with van der Waals surface area (Å²) in [7, 11) is 0. The van der Waals surface area contributed by atoms with Crippen molar-refractivity contribution in [1.82, 2.24) is 5.32 Å². The maximum absolute atomic E-state index is 11.4. The second-order valence-electron chi connectivity index (χ2n) is 5.54. The molecule has 0 heterocycles. The molecule has 1 fully saturated rings. The van der Waals surface area contributed by atoms with Crippen molar-refractivity contribution in [2.75, 3.05) is 0 Å². The lowest BCUT2D eigenvalue weighted by atomic mass is 9.80. The maximum Gasteiger partial charge on any atom is 0.407 e. The van der Waals surface area contributed by atoms with Crippen LogP contribution in [0.2, 0.25) is 0 Å². The van der Waals surface area contributed by atoms with Crippen LogP contribution in [0.4, 0.5) is 4.79 Å². The molecule has 4 nitrogen and oxygen atoms in total. The van der Waals surface area contributed by atoms with Crippen LogP contribution in [0.1, 0.15) is 40.5 Å². The highest BCUT2D eigenvalue weighted by molar-refractivity contribution is 5.87. The van der Waals surface area contributed by atoms with Gasteiger partial charge in [0.05, 0.1) is 0 Å². The Morgan fingerprint density at radius 3 is 2.35 bits per heavy atom. The molecule has 0 unspecified atom stereocenters. The van der Waals surface area contributed by atoms with Gasteiger partial charge >= 0.3 is 6.09 Å². The first kappa shape index (κ1) is 13.7. The van der Waals surface area contributed by atoms with Gasteiger partial charge in [0, 0.05) is 6.04 Å². The predicted octanol–water partition coefficient (Wildman–Crippen LogP) is 2.43. The molecule has 0 spiro atoms. The van der Waals surface area contributed by atoms with Gasteiger partial charge < -0.3 is 10.1 Å². The second-order valence-corrected chi connectivity index (χ2v) is 5.54. The smallest absolute Gasteiger partial charge is 0.407 e. The van der Waals surface area contributed by atoms with E-state index >= 15 is 0 Å². The van der Waals surface area contributed by atoms with Crippen molar-refractivity contribution in [3.05, 3.63) is 12.2 Å². The highest BCUT2D eigenvalue weighted by Gasteiger charge is 2.29. The second kappa shape index (κ2) is 5.34. The summed E-state index contributed by atoms with van der Waals surface area (Å²) in [5, 5.41) is 2.81. The average molecular weight is 239 g/mol. The summed E-state index contributed by atoms with van der Waals surface area (Å²) in [5.74, 6) is 0.465. The molecule has 1 saturated carbocycles. The van der Waals surface area contributed by atoms with Crippen molar-refractivity contribution in [3.63, 3.8) is 0 Å². The van der Waals surface area contributed by atoms with E-state index in [1.807, 2.05) is 26.8 Å². The Morgan fingerprint density at radius 2 is 1.88 bits per heavy atom. The zero-order valence-corrected chi connectivity index (χ0v) is 10.9. The molecule has 96 valence electrons. The fourth-order valence-electron chi connectivity index (χ4n) is 1.68. The van der Waals surface area contributed by atoms with E-state index in [0.29, 0.717) is 5.92 Å². The SMILES string of the molecule is CC(=O)/C=C/C1CC(NC(=O)OC(C)(C)C)C1. The lowest BCUT2D eigenvalue weighted by Crippen LogP contribution is -2.45. The van der Waals surface area contributed by atoms with Gasteiger partial charge in [0.25, 0.3) is 0 Å². The molecule has 0 radical (unpaired) electrons. The fourth-order valence-corrected chi connectivity index (χ4v) is 1.68. The summed E-state index contributed by atoms with van der Waals surface area (Å²) in [6, 6.07) is 0.173. The Balaban J connectivity index is 2.21. The normalized spacial score (nSPS) is 24.2. The van der Waals surface area contributed by atoms with Crippen LogP contribution in [-0.2, 0) is 9.53 Å². The molecule has 1 N–H and O–H groups in total. The highest BCUT2D eigenvalue weighted by Crippen LogP contribution is 2.28. The van der Waals surface area contributed by atoms with Crippen LogP contribution in [0, 0.1) is 5.92 Å². The molecule has 0 bridgehead atoms. The first-order valence-corrected chi connectivity index (χ1v) is 5.94. The topological polar surface area (TPSA) is 55.4 Å². The Kier molecular flexibility index (Phi) is 4.32. The minimum atomic E-state index is -0.457. The van der Waals surface area contributed by atoms with Crippen molar-refractivity contribution in [3.8, 4) is 0 Å².